The third-order valence-corrected chi connectivity index (χ3v) is 6.85. The normalized spacial score (nSPS) is 20.0. The minimum Gasteiger partial charge on any atom is -0.756 e. The van der Waals surface area contributed by atoms with Gasteiger partial charge < -0.3 is 62.7 Å². The van der Waals surface area contributed by atoms with E-state index in [-0.39, 0.29) is 73.3 Å². The molecule has 0 spiro atoms. The van der Waals surface area contributed by atoms with Crippen molar-refractivity contribution in [3.05, 3.63) is 15.6 Å². The lowest BCUT2D eigenvalue weighted by atomic mass is 10.1. The summed E-state index contributed by atoms with van der Waals surface area (Å²) in [6, 6.07) is -4.26. The van der Waals surface area contributed by atoms with E-state index in [9.17, 15) is 58.8 Å². The van der Waals surface area contributed by atoms with Gasteiger partial charge in [-0.1, -0.05) is 0 Å². The van der Waals surface area contributed by atoms with Gasteiger partial charge in [-0.2, -0.15) is 0 Å². The fourth-order valence-electron chi connectivity index (χ4n) is 4.16. The van der Waals surface area contributed by atoms with Crippen molar-refractivity contribution >= 4 is 53.2 Å². The van der Waals surface area contributed by atoms with Crippen molar-refractivity contribution < 1.29 is 43.2 Å². The Labute approximate surface area is 275 Å². The molecule has 6 N–H and O–H groups in total. The molecule has 1 aliphatic rings. The molecular weight excluding hydrogens is 642 g/mol. The Kier molecular flexibility index (Phi) is 18.1. The molecule has 1 saturated heterocycles. The van der Waals surface area contributed by atoms with Crippen LogP contribution in [0.15, 0.2) is 0 Å². The summed E-state index contributed by atoms with van der Waals surface area (Å²) in [7, 11) is 0. The van der Waals surface area contributed by atoms with Crippen LogP contribution < -0.4 is 31.9 Å². The highest BCUT2D eigenvalue weighted by molar-refractivity contribution is 5.96. The molecule has 1 aliphatic heterocycles. The lowest BCUT2D eigenvalue weighted by molar-refractivity contribution is -0.134. The minimum absolute atomic E-state index is 0.0697. The van der Waals surface area contributed by atoms with E-state index in [0.717, 1.165) is 20.8 Å². The van der Waals surface area contributed by atoms with E-state index in [0.29, 0.717) is 0 Å². The molecule has 3 atom stereocenters. The number of hydrogen-bond donors (Lipinski definition) is 6. The van der Waals surface area contributed by atoms with Gasteiger partial charge in [0.25, 0.3) is 0 Å². The highest BCUT2D eigenvalue weighted by Gasteiger charge is 2.30. The van der Waals surface area contributed by atoms with E-state index in [1.165, 1.54) is 0 Å². The summed E-state index contributed by atoms with van der Waals surface area (Å²) in [6.45, 7) is 0.246. The first kappa shape index (κ1) is 41.1. The van der Waals surface area contributed by atoms with Crippen molar-refractivity contribution in [3.63, 3.8) is 0 Å². The number of rotatable bonds is 12. The van der Waals surface area contributed by atoms with E-state index in [1.54, 1.807) is 0 Å². The molecule has 9 amide bonds. The van der Waals surface area contributed by atoms with E-state index < -0.39 is 90.9 Å². The number of hydroxylamine groups is 6. The van der Waals surface area contributed by atoms with Crippen molar-refractivity contribution in [2.24, 2.45) is 0 Å². The van der Waals surface area contributed by atoms with Crippen LogP contribution in [0.2, 0.25) is 0 Å². The van der Waals surface area contributed by atoms with Crippen LogP contribution in [0.4, 0.5) is 0 Å². The summed E-state index contributed by atoms with van der Waals surface area (Å²) in [4.78, 5) is 111. The Balaban J connectivity index is 3.36. The van der Waals surface area contributed by atoms with Crippen LogP contribution in [0.5, 0.6) is 0 Å². The third-order valence-electron chi connectivity index (χ3n) is 6.85. The number of hydrogen-bond acceptors (Lipinski definition) is 12. The van der Waals surface area contributed by atoms with Crippen LogP contribution in [0.1, 0.15) is 59.3 Å². The summed E-state index contributed by atoms with van der Waals surface area (Å²) < 4.78 is 0. The van der Waals surface area contributed by atoms with Gasteiger partial charge in [-0.05, 0) is 38.5 Å². The second-order valence-corrected chi connectivity index (χ2v) is 10.8. The number of nitrogens with one attached hydrogen (secondary N) is 6. The zero-order valence-corrected chi connectivity index (χ0v) is 27.0. The molecule has 0 aromatic heterocycles. The average Bonchev–Trinajstić information content (AvgIpc) is 3.02. The first-order chi connectivity index (χ1) is 22.5. The predicted octanol–water partition coefficient (Wildman–Crippen LogP) is -3.82. The fraction of sp³-hybridized carbons (Fsp3) is 0.667. The molecule has 1 heterocycles. The van der Waals surface area contributed by atoms with E-state index in [4.69, 9.17) is 0 Å². The summed E-state index contributed by atoms with van der Waals surface area (Å²) in [5.74, 6) is -7.58. The molecule has 270 valence electrons. The van der Waals surface area contributed by atoms with Gasteiger partial charge in [0, 0.05) is 40.4 Å². The molecule has 0 unspecified atom stereocenters. The van der Waals surface area contributed by atoms with Gasteiger partial charge in [0.2, 0.25) is 53.2 Å². The average molecular weight is 685 g/mol. The van der Waals surface area contributed by atoms with Crippen LogP contribution in [0.25, 0.3) is 0 Å². The Morgan fingerprint density at radius 2 is 0.833 bits per heavy atom. The summed E-state index contributed by atoms with van der Waals surface area (Å²) in [6.07, 6.45) is -0.885. The van der Waals surface area contributed by atoms with Gasteiger partial charge in [0.15, 0.2) is 0 Å². The molecule has 21 nitrogen and oxygen atoms in total. The van der Waals surface area contributed by atoms with E-state index in [2.05, 4.69) is 31.9 Å². The van der Waals surface area contributed by atoms with Gasteiger partial charge in [-0.15, -0.1) is 0 Å². The lowest BCUT2D eigenvalue weighted by Crippen LogP contribution is -2.58. The van der Waals surface area contributed by atoms with Crippen LogP contribution in [-0.2, 0) is 43.2 Å². The zero-order chi connectivity index (χ0) is 36.4. The lowest BCUT2D eigenvalue weighted by Gasteiger charge is -2.30. The molecule has 1 fully saturated rings. The second kappa shape index (κ2) is 21.1. The maximum atomic E-state index is 13.5. The van der Waals surface area contributed by atoms with Gasteiger partial charge in [0.05, 0.1) is 19.6 Å². The number of carbonyl (C=O) groups excluding carboxylic acids is 9. The molecule has 0 aliphatic carbocycles. The Bertz CT molecular complexity index is 1180. The van der Waals surface area contributed by atoms with Gasteiger partial charge in [-0.25, -0.2) is 0 Å². The Hall–Kier alpha value is -4.89. The van der Waals surface area contributed by atoms with Gasteiger partial charge >= 0.3 is 0 Å². The van der Waals surface area contributed by atoms with Crippen LogP contribution in [-0.4, -0.2) is 126 Å². The predicted molar refractivity (Wildman–Crippen MR) is 165 cm³/mol. The SMILES string of the molecule is CC(=O)N([O-])CCC[C@@H]1NC(=O)CNC(=O)CNC(=O)CNC(=O)[C@H](CCCN([O-])C(C)=O)NC(=O)[C@H](CCCN([O-])C(C)=O)NC1=O. The van der Waals surface area contributed by atoms with Crippen LogP contribution in [0.3, 0.4) is 0 Å². The smallest absolute Gasteiger partial charge is 0.243 e. The Morgan fingerprint density at radius 1 is 0.521 bits per heavy atom. The maximum absolute atomic E-state index is 13.5. The Morgan fingerprint density at radius 3 is 1.21 bits per heavy atom. The summed E-state index contributed by atoms with van der Waals surface area (Å²) in [5, 5.41) is 49.6. The fourth-order valence-corrected chi connectivity index (χ4v) is 4.16. The van der Waals surface area contributed by atoms with Crippen LogP contribution >= 0.6 is 0 Å². The highest BCUT2D eigenvalue weighted by Crippen LogP contribution is 2.08. The number of carbonyl (C=O) groups is 9. The molecule has 0 aromatic carbocycles. The monoisotopic (exact) mass is 684 g/mol. The number of amides is 9. The van der Waals surface area contributed by atoms with Crippen molar-refractivity contribution in [1.82, 2.24) is 47.1 Å². The van der Waals surface area contributed by atoms with Gasteiger partial charge in [0.1, 0.15) is 18.1 Å². The van der Waals surface area contributed by atoms with Gasteiger partial charge in [-0.3, -0.25) is 43.2 Å². The van der Waals surface area contributed by atoms with E-state index in [1.807, 2.05) is 0 Å². The molecule has 48 heavy (non-hydrogen) atoms. The molecule has 0 bridgehead atoms. The third kappa shape index (κ3) is 16.1. The topological polar surface area (TPSA) is 305 Å². The van der Waals surface area contributed by atoms with Crippen LogP contribution in [0, 0.1) is 15.6 Å². The largest absolute Gasteiger partial charge is 0.756 e. The minimum atomic E-state index is -1.46. The molecule has 0 radical (unpaired) electrons. The quantitative estimate of drug-likeness (QED) is 0.108. The summed E-state index contributed by atoms with van der Waals surface area (Å²) >= 11 is 0. The van der Waals surface area contributed by atoms with Crippen molar-refractivity contribution in [2.45, 2.75) is 77.4 Å². The first-order valence-corrected chi connectivity index (χ1v) is 15.1. The first-order valence-electron chi connectivity index (χ1n) is 15.1. The maximum Gasteiger partial charge on any atom is 0.243 e. The highest BCUT2D eigenvalue weighted by atomic mass is 16.5. The molecule has 21 heteroatoms. The zero-order valence-electron chi connectivity index (χ0n) is 27.0. The van der Waals surface area contributed by atoms with Crippen molar-refractivity contribution in [3.8, 4) is 0 Å². The summed E-state index contributed by atoms with van der Waals surface area (Å²) in [5.41, 5.74) is 0. The van der Waals surface area contributed by atoms with E-state index >= 15 is 0 Å². The molecule has 0 saturated carbocycles. The number of nitrogens with zero attached hydrogens (tertiary/aromatic N) is 3. The second-order valence-electron chi connectivity index (χ2n) is 10.8. The van der Waals surface area contributed by atoms with Crippen molar-refractivity contribution in [1.29, 1.82) is 0 Å². The molecular formula is C27H42N9O12-3. The molecule has 0 aromatic rings. The molecule has 1 rings (SSSR count). The van der Waals surface area contributed by atoms with Crippen molar-refractivity contribution in [2.75, 3.05) is 39.3 Å². The standard InChI is InChI=1S/C27H42N9O12/c1-16(37)34(46)10-4-7-19-25(43)30-14-23(41)28-13-22(40)29-15-24(42)31-20(8-5-11-35(47)17(2)38)26(44)33-21(27(45)32-19)9-6-12-36(48)18(3)39/h19-21H,4-15H2,1-3H3,(H,28,41)(H,29,40)(H,30,43)(H,31,42)(H,32,45)(H,33,44)/q-3/t19-,20-,21-/m0/s1.